The van der Waals surface area contributed by atoms with Crippen molar-refractivity contribution in [1.82, 2.24) is 0 Å². The molecule has 96 valence electrons. The summed E-state index contributed by atoms with van der Waals surface area (Å²) < 4.78 is 3.62. The third kappa shape index (κ3) is 7.49. The molecule has 0 aliphatic rings. The molecule has 0 spiro atoms. The van der Waals surface area contributed by atoms with Gasteiger partial charge in [-0.1, -0.05) is 48.7 Å². The maximum atomic E-state index is 10.4. The number of ether oxygens (including phenoxy) is 1. The number of hydrogen-bond donors (Lipinski definition) is 0. The van der Waals surface area contributed by atoms with Gasteiger partial charge in [-0.3, -0.25) is 10.1 Å². The summed E-state index contributed by atoms with van der Waals surface area (Å²) in [5.41, 5.74) is 0. The summed E-state index contributed by atoms with van der Waals surface area (Å²) in [6.45, 7) is 5.34. The second kappa shape index (κ2) is 6.84. The quantitative estimate of drug-likeness (QED) is 0.428. The number of nitro groups is 1. The standard InChI is InChI=1S/C9H16Cl3NO3/c1-6(2)4-7(3)16-8(5-13(14)15)9(10,11)12/h6-8H,4-5H2,1-3H3. The predicted octanol–water partition coefficient (Wildman–Crippen LogP) is 3.45. The van der Waals surface area contributed by atoms with E-state index in [1.54, 1.807) is 0 Å². The molecule has 0 aliphatic carbocycles. The lowest BCUT2D eigenvalue weighted by atomic mass is 10.1. The topological polar surface area (TPSA) is 52.4 Å². The van der Waals surface area contributed by atoms with Gasteiger partial charge in [0.25, 0.3) is 0 Å². The van der Waals surface area contributed by atoms with Crippen molar-refractivity contribution < 1.29 is 9.66 Å². The van der Waals surface area contributed by atoms with E-state index in [1.807, 2.05) is 20.8 Å². The Morgan fingerprint density at radius 1 is 1.31 bits per heavy atom. The van der Waals surface area contributed by atoms with Crippen LogP contribution in [0.2, 0.25) is 0 Å². The van der Waals surface area contributed by atoms with Gasteiger partial charge in [0.15, 0.2) is 6.10 Å². The van der Waals surface area contributed by atoms with Gasteiger partial charge in [-0.15, -0.1) is 0 Å². The minimum Gasteiger partial charge on any atom is -0.364 e. The molecular formula is C9H16Cl3NO3. The summed E-state index contributed by atoms with van der Waals surface area (Å²) in [7, 11) is 0. The Bertz CT molecular complexity index is 231. The van der Waals surface area contributed by atoms with Crippen molar-refractivity contribution in [3.8, 4) is 0 Å². The fourth-order valence-corrected chi connectivity index (χ4v) is 1.72. The van der Waals surface area contributed by atoms with Crippen LogP contribution >= 0.6 is 34.8 Å². The molecule has 0 saturated heterocycles. The summed E-state index contributed by atoms with van der Waals surface area (Å²) in [5.74, 6) is 0.418. The highest BCUT2D eigenvalue weighted by Gasteiger charge is 2.38. The van der Waals surface area contributed by atoms with Crippen molar-refractivity contribution in [2.45, 2.75) is 43.2 Å². The molecule has 0 aliphatic heterocycles. The molecule has 16 heavy (non-hydrogen) atoms. The second-order valence-corrected chi connectivity index (χ2v) is 6.49. The van der Waals surface area contributed by atoms with Gasteiger partial charge in [-0.05, 0) is 19.3 Å². The maximum Gasteiger partial charge on any atom is 0.233 e. The molecule has 0 radical (unpaired) electrons. The minimum absolute atomic E-state index is 0.180. The molecule has 0 aromatic heterocycles. The number of nitrogens with zero attached hydrogens (tertiary/aromatic N) is 1. The average molecular weight is 293 g/mol. The highest BCUT2D eigenvalue weighted by Crippen LogP contribution is 2.33. The van der Waals surface area contributed by atoms with Crippen LogP contribution in [0.15, 0.2) is 0 Å². The summed E-state index contributed by atoms with van der Waals surface area (Å²) >= 11 is 16.9. The van der Waals surface area contributed by atoms with Gasteiger partial charge >= 0.3 is 0 Å². The zero-order valence-electron chi connectivity index (χ0n) is 9.45. The molecule has 0 N–H and O–H groups in total. The molecule has 2 atom stereocenters. The van der Waals surface area contributed by atoms with E-state index in [0.717, 1.165) is 6.42 Å². The summed E-state index contributed by atoms with van der Waals surface area (Å²) in [6.07, 6.45) is -0.448. The molecule has 0 rings (SSSR count). The number of hydrogen-bond acceptors (Lipinski definition) is 3. The monoisotopic (exact) mass is 291 g/mol. The highest BCUT2D eigenvalue weighted by molar-refractivity contribution is 6.68. The lowest BCUT2D eigenvalue weighted by Gasteiger charge is -2.25. The molecule has 0 heterocycles. The Hall–Kier alpha value is 0.230. The van der Waals surface area contributed by atoms with Gasteiger partial charge in [-0.2, -0.15) is 0 Å². The maximum absolute atomic E-state index is 10.4. The first kappa shape index (κ1) is 16.2. The Morgan fingerprint density at radius 2 is 1.81 bits per heavy atom. The fraction of sp³-hybridized carbons (Fsp3) is 1.00. The van der Waals surface area contributed by atoms with E-state index in [-0.39, 0.29) is 6.10 Å². The van der Waals surface area contributed by atoms with Crippen LogP contribution in [-0.4, -0.2) is 27.5 Å². The molecule has 0 saturated carbocycles. The molecule has 0 bridgehead atoms. The zero-order chi connectivity index (χ0) is 12.9. The summed E-state index contributed by atoms with van der Waals surface area (Å²) in [6, 6.07) is 0. The van der Waals surface area contributed by atoms with Crippen LogP contribution in [0.3, 0.4) is 0 Å². The molecule has 0 fully saturated rings. The van der Waals surface area contributed by atoms with E-state index in [1.165, 1.54) is 0 Å². The predicted molar refractivity (Wildman–Crippen MR) is 65.9 cm³/mol. The van der Waals surface area contributed by atoms with Gasteiger partial charge < -0.3 is 4.74 Å². The van der Waals surface area contributed by atoms with E-state index >= 15 is 0 Å². The van der Waals surface area contributed by atoms with Crippen LogP contribution < -0.4 is 0 Å². The van der Waals surface area contributed by atoms with E-state index in [9.17, 15) is 10.1 Å². The van der Waals surface area contributed by atoms with E-state index < -0.39 is 21.4 Å². The van der Waals surface area contributed by atoms with Gasteiger partial charge in [-0.25, -0.2) is 0 Å². The van der Waals surface area contributed by atoms with Gasteiger partial charge in [0, 0.05) is 4.92 Å². The van der Waals surface area contributed by atoms with Crippen molar-refractivity contribution in [2.24, 2.45) is 5.92 Å². The van der Waals surface area contributed by atoms with Crippen molar-refractivity contribution in [2.75, 3.05) is 6.54 Å². The third-order valence-electron chi connectivity index (χ3n) is 1.88. The first-order valence-corrected chi connectivity index (χ1v) is 6.10. The van der Waals surface area contributed by atoms with E-state index in [0.29, 0.717) is 5.92 Å². The SMILES string of the molecule is CC(C)CC(C)OC(C[N+](=O)[O-])C(Cl)(Cl)Cl. The molecule has 7 heteroatoms. The van der Waals surface area contributed by atoms with Crippen LogP contribution in [0.5, 0.6) is 0 Å². The van der Waals surface area contributed by atoms with Crippen molar-refractivity contribution in [3.05, 3.63) is 10.1 Å². The van der Waals surface area contributed by atoms with Crippen LogP contribution in [-0.2, 0) is 4.74 Å². The first-order chi connectivity index (χ1) is 7.12. The smallest absolute Gasteiger partial charge is 0.233 e. The first-order valence-electron chi connectivity index (χ1n) is 4.97. The van der Waals surface area contributed by atoms with Crippen LogP contribution in [0.1, 0.15) is 27.2 Å². The molecule has 0 amide bonds. The van der Waals surface area contributed by atoms with Crippen molar-refractivity contribution in [1.29, 1.82) is 0 Å². The normalized spacial score (nSPS) is 16.2. The van der Waals surface area contributed by atoms with E-state index in [2.05, 4.69) is 0 Å². The fourth-order valence-electron chi connectivity index (χ4n) is 1.36. The lowest BCUT2D eigenvalue weighted by Crippen LogP contribution is -2.38. The third-order valence-corrected chi connectivity index (χ3v) is 2.61. The number of halogens is 3. The molecule has 0 aromatic carbocycles. The van der Waals surface area contributed by atoms with Crippen molar-refractivity contribution in [3.63, 3.8) is 0 Å². The zero-order valence-corrected chi connectivity index (χ0v) is 11.7. The van der Waals surface area contributed by atoms with Crippen LogP contribution in [0.25, 0.3) is 0 Å². The summed E-state index contributed by atoms with van der Waals surface area (Å²) in [4.78, 5) is 9.86. The van der Waals surface area contributed by atoms with E-state index in [4.69, 9.17) is 39.5 Å². The van der Waals surface area contributed by atoms with Gasteiger partial charge in [0.1, 0.15) is 0 Å². The minimum atomic E-state index is -1.78. The highest BCUT2D eigenvalue weighted by atomic mass is 35.6. The lowest BCUT2D eigenvalue weighted by molar-refractivity contribution is -0.492. The molecule has 4 nitrogen and oxygen atoms in total. The Morgan fingerprint density at radius 3 is 2.12 bits per heavy atom. The Kier molecular flexibility index (Phi) is 6.94. The molecular weight excluding hydrogens is 276 g/mol. The van der Waals surface area contributed by atoms with Crippen molar-refractivity contribution >= 4 is 34.8 Å². The average Bonchev–Trinajstić information content (AvgIpc) is 1.98. The number of alkyl halides is 3. The van der Waals surface area contributed by atoms with Gasteiger partial charge in [0.2, 0.25) is 10.3 Å². The van der Waals surface area contributed by atoms with Crippen LogP contribution in [0, 0.1) is 16.0 Å². The second-order valence-electron chi connectivity index (χ2n) is 4.12. The Balaban J connectivity index is 4.37. The summed E-state index contributed by atoms with van der Waals surface area (Å²) in [5, 5.41) is 10.4. The largest absolute Gasteiger partial charge is 0.364 e. The Labute approximate surface area is 110 Å². The molecule has 0 aromatic rings. The molecule has 2 unspecified atom stereocenters. The number of rotatable bonds is 6. The van der Waals surface area contributed by atoms with Gasteiger partial charge in [0.05, 0.1) is 6.10 Å². The van der Waals surface area contributed by atoms with Crippen LogP contribution in [0.4, 0.5) is 0 Å².